The van der Waals surface area contributed by atoms with Crippen LogP contribution in [0.1, 0.15) is 18.9 Å². The molecule has 7 heteroatoms. The average Bonchev–Trinajstić information content (AvgIpc) is 2.98. The minimum atomic E-state index is -4.43. The SMILES string of the molecule is CCCn1cc(SCC(=O)Nc2cccc(C(F)(F)F)c2)c2ccccc21. The quantitative estimate of drug-likeness (QED) is 0.538. The lowest BCUT2D eigenvalue weighted by Crippen LogP contribution is -2.15. The van der Waals surface area contributed by atoms with Crippen LogP contribution in [-0.2, 0) is 17.5 Å². The maximum atomic E-state index is 12.8. The van der Waals surface area contributed by atoms with Gasteiger partial charge in [0, 0.05) is 34.2 Å². The van der Waals surface area contributed by atoms with Gasteiger partial charge in [0.25, 0.3) is 0 Å². The number of benzene rings is 2. The van der Waals surface area contributed by atoms with Crippen molar-refractivity contribution in [1.82, 2.24) is 4.57 Å². The molecule has 3 nitrogen and oxygen atoms in total. The number of thioether (sulfide) groups is 1. The van der Waals surface area contributed by atoms with Gasteiger partial charge >= 0.3 is 6.18 Å². The first-order chi connectivity index (χ1) is 12.9. The Morgan fingerprint density at radius 1 is 1.15 bits per heavy atom. The summed E-state index contributed by atoms with van der Waals surface area (Å²) >= 11 is 1.38. The number of rotatable bonds is 6. The Balaban J connectivity index is 1.69. The van der Waals surface area contributed by atoms with E-state index >= 15 is 0 Å². The van der Waals surface area contributed by atoms with Crippen molar-refractivity contribution in [3.05, 3.63) is 60.3 Å². The lowest BCUT2D eigenvalue weighted by Gasteiger charge is -2.09. The number of hydrogen-bond acceptors (Lipinski definition) is 2. The molecule has 0 atom stereocenters. The van der Waals surface area contributed by atoms with Crippen molar-refractivity contribution in [1.29, 1.82) is 0 Å². The Bertz CT molecular complexity index is 950. The van der Waals surface area contributed by atoms with Crippen molar-refractivity contribution >= 4 is 34.3 Å². The molecule has 2 aromatic carbocycles. The van der Waals surface area contributed by atoms with Crippen LogP contribution in [-0.4, -0.2) is 16.2 Å². The summed E-state index contributed by atoms with van der Waals surface area (Å²) in [5.74, 6) is -0.220. The van der Waals surface area contributed by atoms with Crippen LogP contribution in [0.15, 0.2) is 59.6 Å². The van der Waals surface area contributed by atoms with E-state index in [2.05, 4.69) is 16.8 Å². The van der Waals surface area contributed by atoms with Gasteiger partial charge in [0.05, 0.1) is 11.3 Å². The summed E-state index contributed by atoms with van der Waals surface area (Å²) in [4.78, 5) is 13.2. The zero-order valence-corrected chi connectivity index (χ0v) is 15.5. The zero-order chi connectivity index (χ0) is 19.4. The van der Waals surface area contributed by atoms with Crippen LogP contribution in [0.5, 0.6) is 0 Å². The van der Waals surface area contributed by atoms with Gasteiger partial charge in [-0.3, -0.25) is 4.79 Å². The Labute approximate surface area is 159 Å². The molecule has 0 radical (unpaired) electrons. The molecule has 0 fully saturated rings. The lowest BCUT2D eigenvalue weighted by molar-refractivity contribution is -0.137. The molecule has 0 saturated carbocycles. The topological polar surface area (TPSA) is 34.0 Å². The molecule has 0 bridgehead atoms. The molecular weight excluding hydrogens is 373 g/mol. The van der Waals surface area contributed by atoms with Crippen LogP contribution >= 0.6 is 11.8 Å². The molecular formula is C20H19F3N2OS. The Morgan fingerprint density at radius 3 is 2.67 bits per heavy atom. The van der Waals surface area contributed by atoms with Crippen molar-refractivity contribution in [2.24, 2.45) is 0 Å². The molecule has 0 unspecified atom stereocenters. The first kappa shape index (κ1) is 19.4. The fourth-order valence-corrected chi connectivity index (χ4v) is 3.76. The predicted octanol–water partition coefficient (Wildman–Crippen LogP) is 5.80. The monoisotopic (exact) mass is 392 g/mol. The largest absolute Gasteiger partial charge is 0.416 e. The predicted molar refractivity (Wildman–Crippen MR) is 103 cm³/mol. The fraction of sp³-hybridized carbons (Fsp3) is 0.250. The van der Waals surface area contributed by atoms with Crippen molar-refractivity contribution < 1.29 is 18.0 Å². The van der Waals surface area contributed by atoms with Crippen molar-refractivity contribution in [2.75, 3.05) is 11.1 Å². The second-order valence-corrected chi connectivity index (χ2v) is 7.14. The summed E-state index contributed by atoms with van der Waals surface area (Å²) in [6.45, 7) is 2.99. The number of para-hydroxylation sites is 1. The number of nitrogens with one attached hydrogen (secondary N) is 1. The van der Waals surface area contributed by atoms with E-state index in [0.29, 0.717) is 0 Å². The van der Waals surface area contributed by atoms with E-state index in [9.17, 15) is 18.0 Å². The Morgan fingerprint density at radius 2 is 1.93 bits per heavy atom. The van der Waals surface area contributed by atoms with Gasteiger partial charge in [0.1, 0.15) is 0 Å². The summed E-state index contributed by atoms with van der Waals surface area (Å²) in [6.07, 6.45) is -1.41. The van der Waals surface area contributed by atoms with E-state index in [1.807, 2.05) is 30.5 Å². The highest BCUT2D eigenvalue weighted by Crippen LogP contribution is 2.32. The number of aromatic nitrogens is 1. The molecule has 0 saturated heterocycles. The maximum Gasteiger partial charge on any atom is 0.416 e. The Kier molecular flexibility index (Phi) is 5.79. The molecule has 0 spiro atoms. The van der Waals surface area contributed by atoms with E-state index in [-0.39, 0.29) is 17.3 Å². The van der Waals surface area contributed by atoms with Gasteiger partial charge in [0.2, 0.25) is 5.91 Å². The molecule has 1 aromatic heterocycles. The molecule has 3 aromatic rings. The van der Waals surface area contributed by atoms with E-state index in [1.54, 1.807) is 0 Å². The number of aryl methyl sites for hydroxylation is 1. The molecule has 1 N–H and O–H groups in total. The molecule has 1 amide bonds. The van der Waals surface area contributed by atoms with Gasteiger partial charge in [-0.05, 0) is 30.7 Å². The third-order valence-corrected chi connectivity index (χ3v) is 5.09. The first-order valence-electron chi connectivity index (χ1n) is 8.56. The van der Waals surface area contributed by atoms with E-state index in [4.69, 9.17) is 0 Å². The van der Waals surface area contributed by atoms with Crippen molar-refractivity contribution in [2.45, 2.75) is 31.0 Å². The molecule has 1 heterocycles. The number of anilines is 1. The van der Waals surface area contributed by atoms with Gasteiger partial charge in [-0.15, -0.1) is 11.8 Å². The van der Waals surface area contributed by atoms with Crippen LogP contribution < -0.4 is 5.32 Å². The number of halogens is 3. The number of carbonyl (C=O) groups is 1. The zero-order valence-electron chi connectivity index (χ0n) is 14.7. The second-order valence-electron chi connectivity index (χ2n) is 6.12. The number of amides is 1. The van der Waals surface area contributed by atoms with Gasteiger partial charge in [-0.25, -0.2) is 0 Å². The van der Waals surface area contributed by atoms with Crippen molar-refractivity contribution in [3.63, 3.8) is 0 Å². The smallest absolute Gasteiger partial charge is 0.346 e. The van der Waals surface area contributed by atoms with Gasteiger partial charge in [-0.2, -0.15) is 13.2 Å². The number of fused-ring (bicyclic) bond motifs is 1. The van der Waals surface area contributed by atoms with E-state index in [0.717, 1.165) is 40.9 Å². The minimum Gasteiger partial charge on any atom is -0.346 e. The highest BCUT2D eigenvalue weighted by Gasteiger charge is 2.30. The standard InChI is InChI=1S/C20H19F3N2OS/c1-2-10-25-12-18(16-8-3-4-9-17(16)25)27-13-19(26)24-15-7-5-6-14(11-15)20(21,22)23/h3-9,11-12H,2,10,13H2,1H3,(H,24,26). The van der Waals surface area contributed by atoms with Crippen LogP contribution in [0.4, 0.5) is 18.9 Å². The van der Waals surface area contributed by atoms with Crippen LogP contribution in [0, 0.1) is 0 Å². The van der Waals surface area contributed by atoms with Gasteiger partial charge < -0.3 is 9.88 Å². The Hall–Kier alpha value is -2.41. The summed E-state index contributed by atoms with van der Waals surface area (Å²) in [7, 11) is 0. The van der Waals surface area contributed by atoms with Gasteiger partial charge in [0.15, 0.2) is 0 Å². The number of nitrogens with zero attached hydrogens (tertiary/aromatic N) is 1. The normalized spacial score (nSPS) is 11.7. The van der Waals surface area contributed by atoms with E-state index < -0.39 is 11.7 Å². The third kappa shape index (κ3) is 4.66. The molecule has 3 rings (SSSR count). The molecule has 27 heavy (non-hydrogen) atoms. The highest BCUT2D eigenvalue weighted by molar-refractivity contribution is 8.00. The molecule has 0 aliphatic rings. The van der Waals surface area contributed by atoms with Crippen molar-refractivity contribution in [3.8, 4) is 0 Å². The summed E-state index contributed by atoms with van der Waals surface area (Å²) in [5, 5.41) is 3.61. The maximum absolute atomic E-state index is 12.8. The van der Waals surface area contributed by atoms with Gasteiger partial charge in [-0.1, -0.05) is 31.2 Å². The third-order valence-electron chi connectivity index (χ3n) is 4.05. The average molecular weight is 392 g/mol. The molecule has 0 aliphatic heterocycles. The van der Waals surface area contributed by atoms with E-state index in [1.165, 1.54) is 23.9 Å². The van der Waals surface area contributed by atoms with Crippen LogP contribution in [0.3, 0.4) is 0 Å². The van der Waals surface area contributed by atoms with Crippen LogP contribution in [0.2, 0.25) is 0 Å². The highest BCUT2D eigenvalue weighted by atomic mass is 32.2. The summed E-state index contributed by atoms with van der Waals surface area (Å²) in [5.41, 5.74) is 0.472. The minimum absolute atomic E-state index is 0.121. The summed E-state index contributed by atoms with van der Waals surface area (Å²) < 4.78 is 40.5. The summed E-state index contributed by atoms with van der Waals surface area (Å²) in [6, 6.07) is 12.6. The van der Waals surface area contributed by atoms with Crippen LogP contribution in [0.25, 0.3) is 10.9 Å². The number of carbonyl (C=O) groups excluding carboxylic acids is 1. The lowest BCUT2D eigenvalue weighted by atomic mass is 10.2. The fourth-order valence-electron chi connectivity index (χ4n) is 2.87. The number of hydrogen-bond donors (Lipinski definition) is 1. The molecule has 142 valence electrons. The first-order valence-corrected chi connectivity index (χ1v) is 9.55. The number of alkyl halides is 3. The molecule has 0 aliphatic carbocycles. The second kappa shape index (κ2) is 8.08.